The van der Waals surface area contributed by atoms with Gasteiger partial charge in [-0.05, 0) is 55.5 Å². The molecule has 1 aliphatic carbocycles. The van der Waals surface area contributed by atoms with E-state index in [0.29, 0.717) is 11.0 Å². The number of alkyl halides is 3. The van der Waals surface area contributed by atoms with Crippen LogP contribution in [0.5, 0.6) is 5.75 Å². The second-order valence-electron chi connectivity index (χ2n) is 7.98. The highest BCUT2D eigenvalue weighted by atomic mass is 32.1. The summed E-state index contributed by atoms with van der Waals surface area (Å²) in [5.74, 6) is -0.651. The summed E-state index contributed by atoms with van der Waals surface area (Å²) in [7, 11) is 1.28. The van der Waals surface area contributed by atoms with Crippen molar-refractivity contribution in [3.05, 3.63) is 53.9 Å². The number of hydrogen-bond donors (Lipinski definition) is 2. The second-order valence-corrected chi connectivity index (χ2v) is 8.96. The molecule has 3 aromatic rings. The minimum absolute atomic E-state index is 0.203. The van der Waals surface area contributed by atoms with Gasteiger partial charge in [0.1, 0.15) is 5.75 Å². The van der Waals surface area contributed by atoms with Gasteiger partial charge in [0.15, 0.2) is 6.10 Å². The van der Waals surface area contributed by atoms with E-state index in [1.165, 1.54) is 30.6 Å². The predicted octanol–water partition coefficient (Wildman–Crippen LogP) is 4.69. The summed E-state index contributed by atoms with van der Waals surface area (Å²) in [5, 5.41) is 23.0. The topological polar surface area (TPSA) is 111 Å². The van der Waals surface area contributed by atoms with Gasteiger partial charge in [0.05, 0.1) is 5.69 Å². The lowest BCUT2D eigenvalue weighted by Gasteiger charge is -2.28. The van der Waals surface area contributed by atoms with Crippen LogP contribution in [-0.2, 0) is 9.53 Å². The van der Waals surface area contributed by atoms with Crippen LogP contribution >= 0.6 is 11.3 Å². The molecule has 0 saturated heterocycles. The highest BCUT2D eigenvalue weighted by Crippen LogP contribution is 2.34. The van der Waals surface area contributed by atoms with Crippen LogP contribution in [0.4, 0.5) is 23.4 Å². The van der Waals surface area contributed by atoms with Gasteiger partial charge in [-0.1, -0.05) is 23.5 Å². The first kappa shape index (κ1) is 24.8. The smallest absolute Gasteiger partial charge is 0.406 e. The maximum atomic E-state index is 12.7. The Bertz CT molecular complexity index is 1120. The van der Waals surface area contributed by atoms with Crippen molar-refractivity contribution in [2.75, 3.05) is 17.7 Å². The number of carbonyl (C=O) groups is 1. The molecule has 13 heteroatoms. The van der Waals surface area contributed by atoms with Gasteiger partial charge in [-0.15, -0.1) is 23.4 Å². The molecule has 1 aliphatic rings. The van der Waals surface area contributed by atoms with Crippen LogP contribution < -0.4 is 15.4 Å². The molecule has 0 aliphatic heterocycles. The summed E-state index contributed by atoms with van der Waals surface area (Å²) in [5.41, 5.74) is 1.21. The molecule has 0 bridgehead atoms. The number of hydrogen-bond acceptors (Lipinski definition) is 9. The van der Waals surface area contributed by atoms with Gasteiger partial charge in [-0.3, -0.25) is 10.1 Å². The number of benzene rings is 1. The molecule has 2 N–H and O–H groups in total. The SMILES string of the molecule is CO[C@@H](C(=O)Nc1nnc(NC2CCC(c3cccnn3)CC2)s1)c1cccc(OC(F)(F)F)c1. The summed E-state index contributed by atoms with van der Waals surface area (Å²) in [6.45, 7) is 0. The normalized spacial score (nSPS) is 19.1. The fourth-order valence-electron chi connectivity index (χ4n) is 4.01. The molecule has 0 unspecified atom stereocenters. The average molecular weight is 509 g/mol. The Balaban J connectivity index is 1.32. The van der Waals surface area contributed by atoms with E-state index in [1.54, 1.807) is 6.20 Å². The van der Waals surface area contributed by atoms with Gasteiger partial charge in [0, 0.05) is 25.3 Å². The summed E-state index contributed by atoms with van der Waals surface area (Å²) < 4.78 is 46.7. The molecule has 1 fully saturated rings. The standard InChI is InChI=1S/C22H23F3N6O3S/c1-33-18(14-4-2-5-16(12-14)34-22(23,24)25)19(32)28-21-31-30-20(35-21)27-15-9-7-13(8-10-15)17-6-3-11-26-29-17/h2-6,11-13,15,18H,7-10H2,1H3,(H,27,30)(H,28,31,32)/t13?,15?,18-/m1/s1. The molecule has 2 aromatic heterocycles. The molecule has 1 amide bonds. The van der Waals surface area contributed by atoms with Gasteiger partial charge in [-0.2, -0.15) is 10.2 Å². The van der Waals surface area contributed by atoms with Crippen molar-refractivity contribution in [2.45, 2.75) is 50.1 Å². The summed E-state index contributed by atoms with van der Waals surface area (Å²) >= 11 is 1.17. The maximum absolute atomic E-state index is 12.7. The zero-order valence-electron chi connectivity index (χ0n) is 18.7. The number of rotatable bonds is 8. The van der Waals surface area contributed by atoms with E-state index in [-0.39, 0.29) is 16.7 Å². The van der Waals surface area contributed by atoms with Crippen LogP contribution in [0, 0.1) is 0 Å². The second kappa shape index (κ2) is 11.0. The van der Waals surface area contributed by atoms with Crippen molar-refractivity contribution in [1.29, 1.82) is 0 Å². The quantitative estimate of drug-likeness (QED) is 0.451. The van der Waals surface area contributed by atoms with E-state index in [4.69, 9.17) is 4.74 Å². The zero-order chi connectivity index (χ0) is 24.8. The zero-order valence-corrected chi connectivity index (χ0v) is 19.5. The Kier molecular flexibility index (Phi) is 7.76. The molecular weight excluding hydrogens is 485 g/mol. The first-order valence-electron chi connectivity index (χ1n) is 10.9. The molecule has 4 rings (SSSR count). The van der Waals surface area contributed by atoms with Gasteiger partial charge in [0.25, 0.3) is 5.91 Å². The molecule has 1 atom stereocenters. The minimum Gasteiger partial charge on any atom is -0.406 e. The Labute approximate surface area is 203 Å². The molecule has 186 valence electrons. The van der Waals surface area contributed by atoms with Gasteiger partial charge < -0.3 is 14.8 Å². The Morgan fingerprint density at radius 3 is 2.54 bits per heavy atom. The molecule has 35 heavy (non-hydrogen) atoms. The van der Waals surface area contributed by atoms with E-state index in [1.807, 2.05) is 12.1 Å². The summed E-state index contributed by atoms with van der Waals surface area (Å²) in [6.07, 6.45) is -0.514. The molecule has 9 nitrogen and oxygen atoms in total. The first-order valence-corrected chi connectivity index (χ1v) is 11.7. The minimum atomic E-state index is -4.84. The fourth-order valence-corrected chi connectivity index (χ4v) is 4.74. The predicted molar refractivity (Wildman–Crippen MR) is 122 cm³/mol. The number of nitrogens with zero attached hydrogens (tertiary/aromatic N) is 4. The van der Waals surface area contributed by atoms with E-state index in [0.717, 1.165) is 43.5 Å². The third-order valence-corrected chi connectivity index (χ3v) is 6.36. The van der Waals surface area contributed by atoms with Crippen LogP contribution in [0.25, 0.3) is 0 Å². The van der Waals surface area contributed by atoms with Crippen LogP contribution in [0.3, 0.4) is 0 Å². The van der Waals surface area contributed by atoms with E-state index < -0.39 is 24.1 Å². The third kappa shape index (κ3) is 6.85. The van der Waals surface area contributed by atoms with E-state index >= 15 is 0 Å². The van der Waals surface area contributed by atoms with Crippen molar-refractivity contribution in [3.8, 4) is 5.75 Å². The number of carbonyl (C=O) groups excluding carboxylic acids is 1. The first-order chi connectivity index (χ1) is 16.8. The monoisotopic (exact) mass is 508 g/mol. The fraction of sp³-hybridized carbons (Fsp3) is 0.409. The summed E-state index contributed by atoms with van der Waals surface area (Å²) in [4.78, 5) is 12.7. The number of methoxy groups -OCH3 is 1. The Hall–Kier alpha value is -3.32. The van der Waals surface area contributed by atoms with E-state index in [2.05, 4.69) is 35.8 Å². The largest absolute Gasteiger partial charge is 0.573 e. The van der Waals surface area contributed by atoms with Crippen LogP contribution in [0.1, 0.15) is 49.0 Å². The number of ether oxygens (including phenoxy) is 2. The van der Waals surface area contributed by atoms with Gasteiger partial charge >= 0.3 is 6.36 Å². The van der Waals surface area contributed by atoms with Gasteiger partial charge in [0.2, 0.25) is 10.3 Å². The molecule has 1 aromatic carbocycles. The summed E-state index contributed by atoms with van der Waals surface area (Å²) in [6, 6.07) is 9.19. The van der Waals surface area contributed by atoms with Crippen molar-refractivity contribution in [1.82, 2.24) is 20.4 Å². The van der Waals surface area contributed by atoms with Crippen molar-refractivity contribution in [2.24, 2.45) is 0 Å². The molecule has 0 spiro atoms. The van der Waals surface area contributed by atoms with Crippen molar-refractivity contribution < 1.29 is 27.4 Å². The van der Waals surface area contributed by atoms with Gasteiger partial charge in [-0.25, -0.2) is 0 Å². The number of aromatic nitrogens is 4. The maximum Gasteiger partial charge on any atom is 0.573 e. The van der Waals surface area contributed by atoms with E-state index in [9.17, 15) is 18.0 Å². The highest BCUT2D eigenvalue weighted by Gasteiger charge is 2.32. The lowest BCUT2D eigenvalue weighted by atomic mass is 9.84. The number of nitrogens with one attached hydrogen (secondary N) is 2. The molecule has 1 saturated carbocycles. The highest BCUT2D eigenvalue weighted by molar-refractivity contribution is 7.19. The molecule has 2 heterocycles. The Morgan fingerprint density at radius 2 is 1.86 bits per heavy atom. The number of amides is 1. The van der Waals surface area contributed by atoms with Crippen LogP contribution in [0.15, 0.2) is 42.6 Å². The number of anilines is 2. The molecule has 0 radical (unpaired) electrons. The molecular formula is C22H23F3N6O3S. The van der Waals surface area contributed by atoms with Crippen molar-refractivity contribution in [3.63, 3.8) is 0 Å². The lowest BCUT2D eigenvalue weighted by Crippen LogP contribution is -2.25. The Morgan fingerprint density at radius 1 is 1.09 bits per heavy atom. The lowest BCUT2D eigenvalue weighted by molar-refractivity contribution is -0.274. The average Bonchev–Trinajstić information content (AvgIpc) is 3.26. The van der Waals surface area contributed by atoms with Crippen LogP contribution in [0.2, 0.25) is 0 Å². The van der Waals surface area contributed by atoms with Crippen molar-refractivity contribution >= 4 is 27.5 Å². The van der Waals surface area contributed by atoms with Crippen LogP contribution in [-0.4, -0.2) is 45.8 Å². The third-order valence-electron chi connectivity index (χ3n) is 5.59. The number of halogens is 3.